The molecule has 10 heteroatoms. The van der Waals surface area contributed by atoms with E-state index < -0.39 is 11.3 Å². The molecule has 0 bridgehead atoms. The number of carbonyl (C=O) groups is 1. The van der Waals surface area contributed by atoms with E-state index in [-0.39, 0.29) is 18.3 Å². The van der Waals surface area contributed by atoms with E-state index in [2.05, 4.69) is 20.9 Å². The zero-order chi connectivity index (χ0) is 23.5. The van der Waals surface area contributed by atoms with Crippen LogP contribution >= 0.6 is 23.4 Å². The van der Waals surface area contributed by atoms with Gasteiger partial charge in [-0.05, 0) is 54.1 Å². The van der Waals surface area contributed by atoms with E-state index in [0.717, 1.165) is 5.56 Å². The third-order valence-corrected chi connectivity index (χ3v) is 6.68. The number of amides is 1. The van der Waals surface area contributed by atoms with Crippen molar-refractivity contribution in [2.45, 2.75) is 23.1 Å². The van der Waals surface area contributed by atoms with Gasteiger partial charge in [-0.25, -0.2) is 9.07 Å². The van der Waals surface area contributed by atoms with E-state index >= 15 is 0 Å². The fourth-order valence-corrected chi connectivity index (χ4v) is 4.75. The fraction of sp³-hybridized carbons (Fsp3) is 0.125. The van der Waals surface area contributed by atoms with Gasteiger partial charge in [0.1, 0.15) is 23.4 Å². The van der Waals surface area contributed by atoms with Gasteiger partial charge in [0.2, 0.25) is 11.1 Å². The van der Waals surface area contributed by atoms with Crippen LogP contribution in [0, 0.1) is 5.82 Å². The Morgan fingerprint density at radius 1 is 1.06 bits per heavy atom. The highest BCUT2D eigenvalue weighted by Gasteiger charge is 2.38. The number of hydrogen-bond donors (Lipinski definition) is 2. The minimum Gasteiger partial charge on any atom is -0.486 e. The second-order valence-electron chi connectivity index (χ2n) is 7.53. The van der Waals surface area contributed by atoms with Crippen molar-refractivity contribution in [1.29, 1.82) is 0 Å². The number of para-hydroxylation sites is 1. The van der Waals surface area contributed by atoms with Gasteiger partial charge in [-0.1, -0.05) is 53.7 Å². The number of thioether (sulfide) groups is 1. The lowest BCUT2D eigenvalue weighted by molar-refractivity contribution is -0.116. The summed E-state index contributed by atoms with van der Waals surface area (Å²) >= 11 is 7.23. The Bertz CT molecular complexity index is 1290. The number of aromatic nitrogens is 3. The van der Waals surface area contributed by atoms with Gasteiger partial charge in [0.25, 0.3) is 0 Å². The number of fused-ring (bicyclic) bond motifs is 1. The number of hydrogen-bond acceptors (Lipinski definition) is 6. The van der Waals surface area contributed by atoms with Gasteiger partial charge in [0.15, 0.2) is 5.82 Å². The topological polar surface area (TPSA) is 81.1 Å². The molecule has 3 aromatic carbocycles. The molecule has 34 heavy (non-hydrogen) atoms. The highest BCUT2D eigenvalue weighted by atomic mass is 35.5. The Morgan fingerprint density at radius 3 is 2.53 bits per heavy atom. The molecule has 1 aliphatic heterocycles. The highest BCUT2D eigenvalue weighted by molar-refractivity contribution is 8.00. The lowest BCUT2D eigenvalue weighted by Crippen LogP contribution is -2.41. The van der Waals surface area contributed by atoms with E-state index in [4.69, 9.17) is 16.3 Å². The first-order chi connectivity index (χ1) is 16.6. The molecule has 0 fully saturated rings. The third-order valence-electron chi connectivity index (χ3n) is 5.21. The third kappa shape index (κ3) is 4.85. The van der Waals surface area contributed by atoms with Crippen LogP contribution in [0.25, 0.3) is 0 Å². The monoisotopic (exact) mass is 495 g/mol. The Balaban J connectivity index is 1.41. The van der Waals surface area contributed by atoms with Crippen molar-refractivity contribution >= 4 is 35.0 Å². The summed E-state index contributed by atoms with van der Waals surface area (Å²) in [6.07, 6.45) is 0. The summed E-state index contributed by atoms with van der Waals surface area (Å²) in [6, 6.07) is 21.9. The van der Waals surface area contributed by atoms with Crippen molar-refractivity contribution in [2.75, 3.05) is 10.7 Å². The summed E-state index contributed by atoms with van der Waals surface area (Å²) in [6.45, 7) is 0.183. The zero-order valence-electron chi connectivity index (χ0n) is 17.7. The van der Waals surface area contributed by atoms with Crippen LogP contribution in [-0.2, 0) is 11.4 Å². The smallest absolute Gasteiger partial charge is 0.240 e. The number of halogens is 2. The molecule has 0 unspecified atom stereocenters. The number of benzene rings is 3. The van der Waals surface area contributed by atoms with Crippen molar-refractivity contribution in [3.63, 3.8) is 0 Å². The van der Waals surface area contributed by atoms with Gasteiger partial charge < -0.3 is 15.5 Å². The minimum atomic E-state index is -0.597. The van der Waals surface area contributed by atoms with Crippen LogP contribution in [0.4, 0.5) is 10.1 Å². The van der Waals surface area contributed by atoms with E-state index in [1.807, 2.05) is 30.3 Å². The summed E-state index contributed by atoms with van der Waals surface area (Å²) < 4.78 is 21.1. The van der Waals surface area contributed by atoms with Crippen molar-refractivity contribution in [3.05, 3.63) is 101 Å². The lowest BCUT2D eigenvalue weighted by Gasteiger charge is -2.33. The van der Waals surface area contributed by atoms with Gasteiger partial charge >= 0.3 is 0 Å². The molecule has 2 N–H and O–H groups in total. The molecule has 2 atom stereocenters. The summed E-state index contributed by atoms with van der Waals surface area (Å²) in [4.78, 5) is 13.3. The average molecular weight is 496 g/mol. The van der Waals surface area contributed by atoms with E-state index in [0.29, 0.717) is 27.4 Å². The molecule has 0 saturated carbocycles. The standard InChI is InChI=1S/C24H19ClFN5O2S/c25-16-8-12-18(13-9-16)27-23(32)22-21(15-6-10-17(26)11-7-15)30-31-20(28-29-24(31)34-22)14-33-19-4-2-1-3-5-19/h1-13,21-22,30H,14H2,(H,27,32)/t21-,22-/m0/s1. The number of nitrogens with one attached hydrogen (secondary N) is 2. The molecule has 0 saturated heterocycles. The molecule has 1 aromatic heterocycles. The number of rotatable bonds is 6. The first kappa shape index (κ1) is 22.2. The predicted octanol–water partition coefficient (Wildman–Crippen LogP) is 5.05. The van der Waals surface area contributed by atoms with Crippen LogP contribution in [0.15, 0.2) is 84.0 Å². The number of nitrogens with zero attached hydrogens (tertiary/aromatic N) is 3. The predicted molar refractivity (Wildman–Crippen MR) is 129 cm³/mol. The van der Waals surface area contributed by atoms with E-state index in [9.17, 15) is 9.18 Å². The zero-order valence-corrected chi connectivity index (χ0v) is 19.3. The molecule has 5 rings (SSSR count). The maximum Gasteiger partial charge on any atom is 0.240 e. The molecule has 1 amide bonds. The van der Waals surface area contributed by atoms with Gasteiger partial charge in [-0.3, -0.25) is 4.79 Å². The van der Waals surface area contributed by atoms with Crippen molar-refractivity contribution < 1.29 is 13.9 Å². The SMILES string of the molecule is O=C(Nc1ccc(Cl)cc1)[C@H]1Sc2nnc(COc3ccccc3)n2N[C@H]1c1ccc(F)cc1. The molecule has 7 nitrogen and oxygen atoms in total. The highest BCUT2D eigenvalue weighted by Crippen LogP contribution is 2.37. The van der Waals surface area contributed by atoms with Gasteiger partial charge in [-0.2, -0.15) is 0 Å². The van der Waals surface area contributed by atoms with E-state index in [1.165, 1.54) is 23.9 Å². The number of ether oxygens (including phenoxy) is 1. The van der Waals surface area contributed by atoms with E-state index in [1.54, 1.807) is 41.1 Å². The fourth-order valence-electron chi connectivity index (χ4n) is 3.52. The van der Waals surface area contributed by atoms with Crippen LogP contribution in [0.1, 0.15) is 17.4 Å². The molecule has 172 valence electrons. The molecule has 1 aliphatic rings. The largest absolute Gasteiger partial charge is 0.486 e. The second kappa shape index (κ2) is 9.74. The maximum atomic E-state index is 13.6. The van der Waals surface area contributed by atoms with Crippen LogP contribution in [0.2, 0.25) is 5.02 Å². The van der Waals surface area contributed by atoms with Crippen LogP contribution < -0.4 is 15.5 Å². The Labute approximate surface area is 204 Å². The van der Waals surface area contributed by atoms with Gasteiger partial charge in [0, 0.05) is 10.7 Å². The van der Waals surface area contributed by atoms with Crippen LogP contribution in [0.3, 0.4) is 0 Å². The van der Waals surface area contributed by atoms with Gasteiger partial charge in [0.05, 0.1) is 6.04 Å². The maximum absolute atomic E-state index is 13.6. The van der Waals surface area contributed by atoms with Crippen molar-refractivity contribution in [2.24, 2.45) is 0 Å². The van der Waals surface area contributed by atoms with Crippen molar-refractivity contribution in [3.8, 4) is 5.75 Å². The molecule has 2 heterocycles. The Kier molecular flexibility index (Phi) is 6.37. The Morgan fingerprint density at radius 2 is 1.79 bits per heavy atom. The van der Waals surface area contributed by atoms with Gasteiger partial charge in [-0.15, -0.1) is 10.2 Å². The minimum absolute atomic E-state index is 0.183. The number of anilines is 1. The molecule has 4 aromatic rings. The first-order valence-corrected chi connectivity index (χ1v) is 11.7. The molecular formula is C24H19ClFN5O2S. The first-order valence-electron chi connectivity index (χ1n) is 10.4. The number of carbonyl (C=O) groups excluding carboxylic acids is 1. The summed E-state index contributed by atoms with van der Waals surface area (Å²) in [5.74, 6) is 0.676. The second-order valence-corrected chi connectivity index (χ2v) is 9.07. The molecule has 0 spiro atoms. The summed E-state index contributed by atoms with van der Waals surface area (Å²) in [5.41, 5.74) is 4.70. The average Bonchev–Trinajstić information content (AvgIpc) is 3.26. The normalized spacial score (nSPS) is 16.9. The molecule has 0 aliphatic carbocycles. The van der Waals surface area contributed by atoms with Crippen LogP contribution in [-0.4, -0.2) is 26.0 Å². The molecule has 0 radical (unpaired) electrons. The van der Waals surface area contributed by atoms with Crippen molar-refractivity contribution in [1.82, 2.24) is 14.9 Å². The van der Waals surface area contributed by atoms with Crippen LogP contribution in [0.5, 0.6) is 5.75 Å². The summed E-state index contributed by atoms with van der Waals surface area (Å²) in [5, 5.41) is 11.9. The quantitative estimate of drug-likeness (QED) is 0.390. The molecular weight excluding hydrogens is 477 g/mol. The lowest BCUT2D eigenvalue weighted by atomic mass is 10.0. The Hall–Kier alpha value is -3.56. The summed E-state index contributed by atoms with van der Waals surface area (Å²) in [7, 11) is 0.